The van der Waals surface area contributed by atoms with Crippen LogP contribution in [0.2, 0.25) is 0 Å². The second-order valence-electron chi connectivity index (χ2n) is 7.26. The molecule has 0 aliphatic heterocycles. The number of rotatable bonds is 3. The predicted octanol–water partition coefficient (Wildman–Crippen LogP) is 5.09. The van der Waals surface area contributed by atoms with Crippen LogP contribution in [-0.2, 0) is 7.05 Å². The minimum Gasteiger partial charge on any atom is -0.327 e. The first kappa shape index (κ1) is 18.0. The molecule has 1 N–H and O–H groups in total. The number of pyridine rings is 2. The van der Waals surface area contributed by atoms with Gasteiger partial charge < -0.3 is 4.57 Å². The maximum Gasteiger partial charge on any atom is 0.161 e. The Labute approximate surface area is 165 Å². The Hall–Kier alpha value is -3.40. The van der Waals surface area contributed by atoms with Crippen LogP contribution in [-0.4, -0.2) is 9.55 Å². The van der Waals surface area contributed by atoms with Crippen molar-refractivity contribution in [2.45, 2.75) is 20.8 Å². The number of aryl methyl sites for hydroxylation is 4. The second kappa shape index (κ2) is 7.31. The van der Waals surface area contributed by atoms with Crippen LogP contribution in [0.1, 0.15) is 16.7 Å². The van der Waals surface area contributed by atoms with Gasteiger partial charge in [-0.1, -0.05) is 42.0 Å². The third-order valence-corrected chi connectivity index (χ3v) is 5.02. The number of aromatic nitrogens is 2. The van der Waals surface area contributed by atoms with Crippen molar-refractivity contribution in [3.63, 3.8) is 0 Å². The van der Waals surface area contributed by atoms with Crippen LogP contribution in [0, 0.1) is 20.8 Å². The number of hydrogen-bond acceptors (Lipinski definition) is 3. The molecule has 0 saturated carbocycles. The van der Waals surface area contributed by atoms with Crippen LogP contribution < -0.4 is 10.9 Å². The van der Waals surface area contributed by atoms with Crippen LogP contribution >= 0.6 is 0 Å². The Kier molecular flexibility index (Phi) is 4.70. The molecular weight excluding hydrogens is 344 g/mol. The number of nitrogens with zero attached hydrogens (tertiary/aromatic N) is 3. The molecule has 0 saturated heterocycles. The molecule has 2 aromatic heterocycles. The fourth-order valence-corrected chi connectivity index (χ4v) is 3.55. The van der Waals surface area contributed by atoms with Gasteiger partial charge in [-0.05, 0) is 61.7 Å². The van der Waals surface area contributed by atoms with E-state index in [4.69, 9.17) is 5.10 Å². The van der Waals surface area contributed by atoms with E-state index in [1.807, 2.05) is 18.2 Å². The molecule has 0 bridgehead atoms. The third kappa shape index (κ3) is 3.41. The van der Waals surface area contributed by atoms with Crippen LogP contribution in [0.3, 0.4) is 0 Å². The van der Waals surface area contributed by atoms with Crippen LogP contribution in [0.15, 0.2) is 72.0 Å². The van der Waals surface area contributed by atoms with Gasteiger partial charge in [0.25, 0.3) is 0 Å². The van der Waals surface area contributed by atoms with Crippen molar-refractivity contribution in [1.29, 1.82) is 0 Å². The Balaban J connectivity index is 2.00. The van der Waals surface area contributed by atoms with Gasteiger partial charge in [-0.3, -0.25) is 5.43 Å². The zero-order valence-corrected chi connectivity index (χ0v) is 16.7. The summed E-state index contributed by atoms with van der Waals surface area (Å²) in [4.78, 5) is 4.31. The van der Waals surface area contributed by atoms with Crippen molar-refractivity contribution in [3.05, 3.63) is 89.0 Å². The van der Waals surface area contributed by atoms with E-state index >= 15 is 0 Å². The summed E-state index contributed by atoms with van der Waals surface area (Å²) in [7, 11) is 2.07. The molecule has 4 rings (SSSR count). The predicted molar refractivity (Wildman–Crippen MR) is 116 cm³/mol. The maximum absolute atomic E-state index is 4.73. The van der Waals surface area contributed by atoms with Crippen LogP contribution in [0.25, 0.3) is 22.0 Å². The Morgan fingerprint density at radius 2 is 1.68 bits per heavy atom. The molecule has 0 aliphatic carbocycles. The van der Waals surface area contributed by atoms with E-state index in [0.29, 0.717) is 0 Å². The lowest BCUT2D eigenvalue weighted by Crippen LogP contribution is -2.23. The van der Waals surface area contributed by atoms with Gasteiger partial charge in [-0.15, -0.1) is 0 Å². The highest BCUT2D eigenvalue weighted by Gasteiger charge is 2.10. The van der Waals surface area contributed by atoms with Gasteiger partial charge in [-0.2, -0.15) is 5.10 Å². The molecule has 4 aromatic rings. The average molecular weight is 368 g/mol. The third-order valence-electron chi connectivity index (χ3n) is 5.02. The number of hydrogen-bond donors (Lipinski definition) is 1. The quantitative estimate of drug-likeness (QED) is 0.512. The van der Waals surface area contributed by atoms with Crippen molar-refractivity contribution in [3.8, 4) is 11.1 Å². The molecule has 0 atom stereocenters. The van der Waals surface area contributed by atoms with E-state index in [9.17, 15) is 0 Å². The van der Waals surface area contributed by atoms with Gasteiger partial charge in [-0.25, -0.2) is 4.98 Å². The number of fused-ring (bicyclic) bond motifs is 1. The van der Waals surface area contributed by atoms with E-state index in [1.165, 1.54) is 22.1 Å². The van der Waals surface area contributed by atoms with Crippen LogP contribution in [0.5, 0.6) is 0 Å². The van der Waals surface area contributed by atoms with Gasteiger partial charge >= 0.3 is 0 Å². The number of nitrogens with one attached hydrogen (secondary N) is 1. The lowest BCUT2D eigenvalue weighted by molar-refractivity contribution is 0.865. The Morgan fingerprint density at radius 1 is 0.893 bits per heavy atom. The first-order chi connectivity index (χ1) is 13.5. The second-order valence-corrected chi connectivity index (χ2v) is 7.26. The summed E-state index contributed by atoms with van der Waals surface area (Å²) in [5.74, 6) is 0.720. The van der Waals surface area contributed by atoms with Crippen molar-refractivity contribution in [1.82, 2.24) is 9.55 Å². The van der Waals surface area contributed by atoms with Gasteiger partial charge in [0.2, 0.25) is 0 Å². The van der Waals surface area contributed by atoms with Crippen LogP contribution in [0.4, 0.5) is 5.82 Å². The molecule has 0 spiro atoms. The maximum atomic E-state index is 4.73. The van der Waals surface area contributed by atoms with Crippen molar-refractivity contribution >= 4 is 16.7 Å². The monoisotopic (exact) mass is 368 g/mol. The summed E-state index contributed by atoms with van der Waals surface area (Å²) in [6, 6.07) is 21.0. The molecule has 140 valence electrons. The van der Waals surface area contributed by atoms with Gasteiger partial charge in [0.15, 0.2) is 5.49 Å². The smallest absolute Gasteiger partial charge is 0.161 e. The van der Waals surface area contributed by atoms with Crippen molar-refractivity contribution < 1.29 is 0 Å². The van der Waals surface area contributed by atoms with E-state index in [1.54, 1.807) is 6.20 Å². The topological polar surface area (TPSA) is 42.2 Å². The largest absolute Gasteiger partial charge is 0.327 e. The summed E-state index contributed by atoms with van der Waals surface area (Å²) in [5, 5.41) is 5.97. The number of benzene rings is 2. The van der Waals surface area contributed by atoms with Crippen molar-refractivity contribution in [2.24, 2.45) is 12.1 Å². The summed E-state index contributed by atoms with van der Waals surface area (Å²) in [6.45, 7) is 6.39. The molecule has 0 fully saturated rings. The molecule has 0 amide bonds. The highest BCUT2D eigenvalue weighted by atomic mass is 15.3. The first-order valence-corrected chi connectivity index (χ1v) is 9.42. The molecule has 2 aromatic carbocycles. The molecule has 2 heterocycles. The lowest BCUT2D eigenvalue weighted by Gasteiger charge is -2.15. The molecule has 4 nitrogen and oxygen atoms in total. The summed E-state index contributed by atoms with van der Waals surface area (Å²) in [5.41, 5.74) is 11.1. The molecule has 0 unspecified atom stereocenters. The van der Waals surface area contributed by atoms with E-state index in [0.717, 1.165) is 27.9 Å². The molecular formula is C24H24N4. The summed E-state index contributed by atoms with van der Waals surface area (Å²) >= 11 is 0. The first-order valence-electron chi connectivity index (χ1n) is 9.42. The van der Waals surface area contributed by atoms with Gasteiger partial charge in [0, 0.05) is 29.7 Å². The minimum absolute atomic E-state index is 0.720. The van der Waals surface area contributed by atoms with E-state index < -0.39 is 0 Å². The minimum atomic E-state index is 0.720. The zero-order valence-electron chi connectivity index (χ0n) is 16.7. The molecule has 28 heavy (non-hydrogen) atoms. The van der Waals surface area contributed by atoms with Gasteiger partial charge in [0.05, 0.1) is 0 Å². The van der Waals surface area contributed by atoms with E-state index in [2.05, 4.69) is 85.3 Å². The zero-order chi connectivity index (χ0) is 19.7. The Bertz CT molecular complexity index is 1200. The normalized spacial score (nSPS) is 11.8. The highest BCUT2D eigenvalue weighted by Crippen LogP contribution is 2.25. The number of anilines is 1. The summed E-state index contributed by atoms with van der Waals surface area (Å²) < 4.78 is 2.15. The fraction of sp³-hybridized carbons (Fsp3) is 0.167. The standard InChI is InChI=1S/C24H24N4/c1-16-8-10-19(11-9-16)21-15-20-18(3)13-17(2)14-22(20)28(4)24(21)27-26-23-7-5-6-12-25-23/h5-15H,1-4H3,(H,25,26)/b27-24+. The lowest BCUT2D eigenvalue weighted by atomic mass is 10.00. The molecule has 0 aliphatic rings. The fourth-order valence-electron chi connectivity index (χ4n) is 3.55. The highest BCUT2D eigenvalue weighted by molar-refractivity contribution is 5.87. The Morgan fingerprint density at radius 3 is 2.39 bits per heavy atom. The van der Waals surface area contributed by atoms with Crippen molar-refractivity contribution in [2.75, 3.05) is 5.43 Å². The van der Waals surface area contributed by atoms with Gasteiger partial charge in [0.1, 0.15) is 5.82 Å². The van der Waals surface area contributed by atoms with E-state index in [-0.39, 0.29) is 0 Å². The SMILES string of the molecule is Cc1ccc(-c2cc3c(C)cc(C)cc3n(C)/c2=N/Nc2ccccn2)cc1. The average Bonchev–Trinajstić information content (AvgIpc) is 2.69. The molecule has 0 radical (unpaired) electrons. The summed E-state index contributed by atoms with van der Waals surface area (Å²) in [6.07, 6.45) is 1.76. The molecule has 4 heteroatoms.